The number of nitrogens with zero attached hydrogens (tertiary/aromatic N) is 1. The maximum Gasteiger partial charge on any atom is 0.229 e. The summed E-state index contributed by atoms with van der Waals surface area (Å²) < 4.78 is 5.42. The molecule has 1 N–H and O–H groups in total. The first-order valence-corrected chi connectivity index (χ1v) is 11.6. The van der Waals surface area contributed by atoms with E-state index >= 15 is 0 Å². The first-order chi connectivity index (χ1) is 13.7. The number of carbonyl (C=O) groups excluding carboxylic acids is 2. The van der Waals surface area contributed by atoms with Gasteiger partial charge in [-0.1, -0.05) is 19.1 Å². The number of anilines is 1. The lowest BCUT2D eigenvalue weighted by atomic mass is 9.96. The minimum Gasteiger partial charge on any atom is -0.381 e. The fourth-order valence-electron chi connectivity index (χ4n) is 3.83. The second kappa shape index (κ2) is 10.9. The van der Waals surface area contributed by atoms with Gasteiger partial charge in [0.2, 0.25) is 11.8 Å². The van der Waals surface area contributed by atoms with Gasteiger partial charge in [-0.2, -0.15) is 11.8 Å². The molecule has 1 aromatic rings. The number of carbonyl (C=O) groups is 2. The van der Waals surface area contributed by atoms with Crippen molar-refractivity contribution in [3.8, 4) is 0 Å². The van der Waals surface area contributed by atoms with E-state index in [0.29, 0.717) is 18.2 Å². The maximum atomic E-state index is 12.7. The highest BCUT2D eigenvalue weighted by atomic mass is 32.2. The van der Waals surface area contributed by atoms with Crippen LogP contribution >= 0.6 is 11.8 Å². The highest BCUT2D eigenvalue weighted by molar-refractivity contribution is 7.99. The summed E-state index contributed by atoms with van der Waals surface area (Å²) in [6.45, 7) is 5.07. The lowest BCUT2D eigenvalue weighted by Gasteiger charge is -2.32. The number of likely N-dealkylation sites (tertiary alicyclic amines) is 1. The number of hydrogen-bond donors (Lipinski definition) is 1. The van der Waals surface area contributed by atoms with Gasteiger partial charge in [-0.3, -0.25) is 9.59 Å². The molecule has 1 aromatic carbocycles. The standard InChI is InChI=1S/C22H32N2O3S/c1-2-5-21(25)24-11-4-7-18(15-24)22(26)23-19-8-3-6-17(14-19)16-28-20-9-12-27-13-10-20/h3,6,8,14,18,20H,2,4-5,7,9-13,15-16H2,1H3,(H,23,26). The third kappa shape index (κ3) is 6.24. The van der Waals surface area contributed by atoms with E-state index in [0.717, 1.165) is 63.3 Å². The van der Waals surface area contributed by atoms with Crippen molar-refractivity contribution in [1.29, 1.82) is 0 Å². The van der Waals surface area contributed by atoms with Crippen molar-refractivity contribution in [1.82, 2.24) is 4.90 Å². The number of thioether (sulfide) groups is 1. The molecular formula is C22H32N2O3S. The van der Waals surface area contributed by atoms with Gasteiger partial charge in [0, 0.05) is 49.4 Å². The zero-order valence-corrected chi connectivity index (χ0v) is 17.6. The van der Waals surface area contributed by atoms with E-state index in [-0.39, 0.29) is 17.7 Å². The Hall–Kier alpha value is -1.53. The fourth-order valence-corrected chi connectivity index (χ4v) is 4.96. The molecule has 3 rings (SSSR count). The third-order valence-electron chi connectivity index (χ3n) is 5.46. The van der Waals surface area contributed by atoms with Gasteiger partial charge in [-0.25, -0.2) is 0 Å². The zero-order chi connectivity index (χ0) is 19.8. The molecule has 0 aliphatic carbocycles. The van der Waals surface area contributed by atoms with Gasteiger partial charge < -0.3 is 15.0 Å². The number of ether oxygens (including phenoxy) is 1. The van der Waals surface area contributed by atoms with Crippen molar-refractivity contribution in [2.45, 2.75) is 56.5 Å². The van der Waals surface area contributed by atoms with Crippen LogP contribution in [-0.4, -0.2) is 48.3 Å². The normalized spacial score (nSPS) is 20.8. The Morgan fingerprint density at radius 3 is 2.86 bits per heavy atom. The number of hydrogen-bond acceptors (Lipinski definition) is 4. The number of piperidine rings is 1. The van der Waals surface area contributed by atoms with Crippen molar-refractivity contribution in [2.75, 3.05) is 31.6 Å². The predicted octanol–water partition coefficient (Wildman–Crippen LogP) is 4.08. The molecule has 2 heterocycles. The summed E-state index contributed by atoms with van der Waals surface area (Å²) in [4.78, 5) is 26.8. The Labute approximate surface area is 172 Å². The molecule has 0 radical (unpaired) electrons. The van der Waals surface area contributed by atoms with Crippen LogP contribution in [0.15, 0.2) is 24.3 Å². The van der Waals surface area contributed by atoms with Crippen LogP contribution in [0.5, 0.6) is 0 Å². The van der Waals surface area contributed by atoms with Crippen LogP contribution in [0.3, 0.4) is 0 Å². The molecule has 0 saturated carbocycles. The van der Waals surface area contributed by atoms with Gasteiger partial charge in [0.1, 0.15) is 0 Å². The van der Waals surface area contributed by atoms with Crippen LogP contribution in [0.4, 0.5) is 5.69 Å². The number of nitrogens with one attached hydrogen (secondary N) is 1. The number of amides is 2. The second-order valence-corrected chi connectivity index (χ2v) is 9.03. The fraction of sp³-hybridized carbons (Fsp3) is 0.636. The van der Waals surface area contributed by atoms with E-state index in [1.807, 2.05) is 35.7 Å². The van der Waals surface area contributed by atoms with Crippen molar-refractivity contribution < 1.29 is 14.3 Å². The molecule has 2 aliphatic heterocycles. The first kappa shape index (κ1) is 21.2. The van der Waals surface area contributed by atoms with E-state index in [1.165, 1.54) is 5.56 Å². The van der Waals surface area contributed by atoms with Crippen molar-refractivity contribution in [2.24, 2.45) is 5.92 Å². The molecule has 6 heteroatoms. The molecule has 2 amide bonds. The highest BCUT2D eigenvalue weighted by Crippen LogP contribution is 2.27. The lowest BCUT2D eigenvalue weighted by molar-refractivity contribution is -0.134. The SMILES string of the molecule is CCCC(=O)N1CCCC(C(=O)Nc2cccc(CSC3CCOCC3)c2)C1. The molecule has 2 fully saturated rings. The summed E-state index contributed by atoms with van der Waals surface area (Å²) >= 11 is 1.98. The second-order valence-electron chi connectivity index (χ2n) is 7.74. The molecular weight excluding hydrogens is 372 g/mol. The third-order valence-corrected chi connectivity index (χ3v) is 6.90. The van der Waals surface area contributed by atoms with Crippen LogP contribution in [0.2, 0.25) is 0 Å². The summed E-state index contributed by atoms with van der Waals surface area (Å²) in [6.07, 6.45) is 5.41. The molecule has 1 atom stereocenters. The van der Waals surface area contributed by atoms with Gasteiger partial charge in [0.05, 0.1) is 5.92 Å². The summed E-state index contributed by atoms with van der Waals surface area (Å²) in [6, 6.07) is 8.15. The molecule has 2 saturated heterocycles. The Balaban J connectivity index is 1.51. The Morgan fingerprint density at radius 2 is 2.07 bits per heavy atom. The van der Waals surface area contributed by atoms with Crippen LogP contribution in [0.1, 0.15) is 51.0 Å². The van der Waals surface area contributed by atoms with Crippen LogP contribution in [-0.2, 0) is 20.1 Å². The summed E-state index contributed by atoms with van der Waals surface area (Å²) in [5, 5.41) is 3.74. The van der Waals surface area contributed by atoms with Crippen LogP contribution < -0.4 is 5.32 Å². The topological polar surface area (TPSA) is 58.6 Å². The van der Waals surface area contributed by atoms with E-state index in [4.69, 9.17) is 4.74 Å². The van der Waals surface area contributed by atoms with Crippen molar-refractivity contribution in [3.63, 3.8) is 0 Å². The van der Waals surface area contributed by atoms with E-state index in [1.54, 1.807) is 0 Å². The summed E-state index contributed by atoms with van der Waals surface area (Å²) in [5.74, 6) is 1.04. The van der Waals surface area contributed by atoms with Gasteiger partial charge in [-0.05, 0) is 49.8 Å². The molecule has 28 heavy (non-hydrogen) atoms. The summed E-state index contributed by atoms with van der Waals surface area (Å²) in [5.41, 5.74) is 2.09. The monoisotopic (exact) mass is 404 g/mol. The van der Waals surface area contributed by atoms with Gasteiger partial charge in [-0.15, -0.1) is 0 Å². The largest absolute Gasteiger partial charge is 0.381 e. The predicted molar refractivity (Wildman–Crippen MR) is 114 cm³/mol. The average Bonchev–Trinajstić information content (AvgIpc) is 2.73. The van der Waals surface area contributed by atoms with E-state index in [9.17, 15) is 9.59 Å². The molecule has 0 aromatic heterocycles. The van der Waals surface area contributed by atoms with Gasteiger partial charge >= 0.3 is 0 Å². The average molecular weight is 405 g/mol. The smallest absolute Gasteiger partial charge is 0.229 e. The molecule has 154 valence electrons. The minimum atomic E-state index is -0.116. The quantitative estimate of drug-likeness (QED) is 0.744. The molecule has 0 spiro atoms. The molecule has 0 bridgehead atoms. The zero-order valence-electron chi connectivity index (χ0n) is 16.8. The molecule has 5 nitrogen and oxygen atoms in total. The van der Waals surface area contributed by atoms with E-state index < -0.39 is 0 Å². The lowest BCUT2D eigenvalue weighted by Crippen LogP contribution is -2.43. The minimum absolute atomic E-state index is 0.0308. The number of rotatable bonds is 7. The Bertz CT molecular complexity index is 661. The molecule has 1 unspecified atom stereocenters. The molecule has 2 aliphatic rings. The maximum absolute atomic E-state index is 12.7. The van der Waals surface area contributed by atoms with Crippen LogP contribution in [0.25, 0.3) is 0 Å². The van der Waals surface area contributed by atoms with E-state index in [2.05, 4.69) is 17.4 Å². The van der Waals surface area contributed by atoms with Gasteiger partial charge in [0.25, 0.3) is 0 Å². The van der Waals surface area contributed by atoms with Gasteiger partial charge in [0.15, 0.2) is 0 Å². The Kier molecular flexibility index (Phi) is 8.22. The van der Waals surface area contributed by atoms with Crippen LogP contribution in [0, 0.1) is 5.92 Å². The van der Waals surface area contributed by atoms with Crippen molar-refractivity contribution in [3.05, 3.63) is 29.8 Å². The Morgan fingerprint density at radius 1 is 1.25 bits per heavy atom. The van der Waals surface area contributed by atoms with Crippen molar-refractivity contribution >= 4 is 29.3 Å². The first-order valence-electron chi connectivity index (χ1n) is 10.5. The number of benzene rings is 1. The highest BCUT2D eigenvalue weighted by Gasteiger charge is 2.28. The summed E-state index contributed by atoms with van der Waals surface area (Å²) in [7, 11) is 0.